The molecule has 0 bridgehead atoms. The highest BCUT2D eigenvalue weighted by molar-refractivity contribution is 6.30. The van der Waals surface area contributed by atoms with Crippen LogP contribution in [0, 0.1) is 0 Å². The second-order valence-electron chi connectivity index (χ2n) is 5.77. The molecule has 0 aliphatic rings. The van der Waals surface area contributed by atoms with Gasteiger partial charge in [0.15, 0.2) is 0 Å². The fraction of sp³-hybridized carbons (Fsp3) is 0.200. The average molecular weight is 386 g/mol. The Morgan fingerprint density at radius 2 is 2.00 bits per heavy atom. The largest absolute Gasteiger partial charge is 0.497 e. The second-order valence-corrected chi connectivity index (χ2v) is 6.21. The first-order valence-electron chi connectivity index (χ1n) is 8.43. The van der Waals surface area contributed by atoms with Crippen molar-refractivity contribution in [1.82, 2.24) is 9.78 Å². The summed E-state index contributed by atoms with van der Waals surface area (Å²) in [5.41, 5.74) is 2.65. The van der Waals surface area contributed by atoms with Gasteiger partial charge in [0.05, 0.1) is 43.0 Å². The number of anilines is 1. The number of carbonyl (C=O) groups is 1. The van der Waals surface area contributed by atoms with Crippen LogP contribution in [-0.4, -0.2) is 29.9 Å². The Labute approximate surface area is 162 Å². The Morgan fingerprint density at radius 3 is 2.67 bits per heavy atom. The zero-order chi connectivity index (χ0) is 19.4. The molecule has 0 atom stereocenters. The molecule has 2 aromatic carbocycles. The normalized spacial score (nSPS) is 10.5. The van der Waals surface area contributed by atoms with Gasteiger partial charge in [-0.05, 0) is 36.8 Å². The monoisotopic (exact) mass is 385 g/mol. The fourth-order valence-electron chi connectivity index (χ4n) is 2.83. The number of methoxy groups -OCH3 is 2. The van der Waals surface area contributed by atoms with E-state index in [0.717, 1.165) is 11.4 Å². The molecule has 0 unspecified atom stereocenters. The molecule has 1 N–H and O–H groups in total. The predicted molar refractivity (Wildman–Crippen MR) is 105 cm³/mol. The highest BCUT2D eigenvalue weighted by Gasteiger charge is 2.19. The molecule has 0 spiro atoms. The highest BCUT2D eigenvalue weighted by atomic mass is 35.5. The number of halogens is 1. The first kappa shape index (κ1) is 18.8. The Balaban J connectivity index is 1.92. The Kier molecular flexibility index (Phi) is 5.66. The van der Waals surface area contributed by atoms with Crippen molar-refractivity contribution in [1.29, 1.82) is 0 Å². The predicted octanol–water partition coefficient (Wildman–Crippen LogP) is 4.36. The van der Waals surface area contributed by atoms with E-state index < -0.39 is 0 Å². The number of rotatable bonds is 6. The molecule has 6 nitrogen and oxygen atoms in total. The van der Waals surface area contributed by atoms with Gasteiger partial charge in [0.25, 0.3) is 5.91 Å². The van der Waals surface area contributed by atoms with Crippen molar-refractivity contribution in [3.05, 3.63) is 64.9 Å². The number of benzene rings is 2. The van der Waals surface area contributed by atoms with Crippen molar-refractivity contribution in [2.75, 3.05) is 19.5 Å². The molecule has 1 heterocycles. The van der Waals surface area contributed by atoms with Crippen molar-refractivity contribution in [3.63, 3.8) is 0 Å². The van der Waals surface area contributed by atoms with Crippen LogP contribution < -0.4 is 14.8 Å². The van der Waals surface area contributed by atoms with Crippen LogP contribution >= 0.6 is 11.6 Å². The van der Waals surface area contributed by atoms with Gasteiger partial charge in [0.2, 0.25) is 0 Å². The quantitative estimate of drug-likeness (QED) is 0.684. The summed E-state index contributed by atoms with van der Waals surface area (Å²) in [5, 5.41) is 7.87. The van der Waals surface area contributed by atoms with Crippen LogP contribution in [0.2, 0.25) is 5.02 Å². The highest BCUT2D eigenvalue weighted by Crippen LogP contribution is 2.30. The minimum absolute atomic E-state index is 0.261. The molecular formula is C20H20ClN3O3. The number of nitrogens with one attached hydrogen (secondary N) is 1. The van der Waals surface area contributed by atoms with Gasteiger partial charge in [0.1, 0.15) is 11.5 Å². The summed E-state index contributed by atoms with van der Waals surface area (Å²) in [7, 11) is 3.11. The molecule has 0 saturated carbocycles. The molecule has 1 aromatic heterocycles. The summed E-state index contributed by atoms with van der Waals surface area (Å²) in [6.07, 6.45) is 2.19. The lowest BCUT2D eigenvalue weighted by Crippen LogP contribution is -2.15. The van der Waals surface area contributed by atoms with E-state index in [-0.39, 0.29) is 5.91 Å². The van der Waals surface area contributed by atoms with Gasteiger partial charge in [-0.25, -0.2) is 4.68 Å². The number of carbonyl (C=O) groups excluding carboxylic acids is 1. The summed E-state index contributed by atoms with van der Waals surface area (Å²) in [5.74, 6) is 0.902. The summed E-state index contributed by atoms with van der Waals surface area (Å²) in [4.78, 5) is 12.9. The summed E-state index contributed by atoms with van der Waals surface area (Å²) < 4.78 is 12.2. The molecule has 7 heteroatoms. The lowest BCUT2D eigenvalue weighted by atomic mass is 10.1. The summed E-state index contributed by atoms with van der Waals surface area (Å²) in [6.45, 7) is 1.98. The lowest BCUT2D eigenvalue weighted by molar-refractivity contribution is 0.102. The first-order valence-corrected chi connectivity index (χ1v) is 8.81. The van der Waals surface area contributed by atoms with E-state index in [9.17, 15) is 4.79 Å². The molecule has 140 valence electrons. The van der Waals surface area contributed by atoms with Gasteiger partial charge in [-0.15, -0.1) is 0 Å². The Hall–Kier alpha value is -2.99. The molecule has 0 fully saturated rings. The Bertz CT molecular complexity index is 969. The number of amides is 1. The van der Waals surface area contributed by atoms with Gasteiger partial charge < -0.3 is 14.8 Å². The van der Waals surface area contributed by atoms with Crippen molar-refractivity contribution < 1.29 is 14.3 Å². The van der Waals surface area contributed by atoms with Gasteiger partial charge in [-0.1, -0.05) is 24.6 Å². The molecule has 3 aromatic rings. The molecule has 27 heavy (non-hydrogen) atoms. The van der Waals surface area contributed by atoms with Crippen LogP contribution in [-0.2, 0) is 6.42 Å². The van der Waals surface area contributed by atoms with E-state index in [1.807, 2.05) is 25.1 Å². The number of ether oxygens (including phenoxy) is 2. The van der Waals surface area contributed by atoms with Gasteiger partial charge in [0, 0.05) is 11.1 Å². The maximum absolute atomic E-state index is 12.9. The minimum Gasteiger partial charge on any atom is -0.497 e. The summed E-state index contributed by atoms with van der Waals surface area (Å²) >= 11 is 6.08. The zero-order valence-electron chi connectivity index (χ0n) is 15.3. The van der Waals surface area contributed by atoms with E-state index in [2.05, 4.69) is 10.4 Å². The van der Waals surface area contributed by atoms with Gasteiger partial charge >= 0.3 is 0 Å². The number of nitrogens with zero attached hydrogens (tertiary/aromatic N) is 2. The molecular weight excluding hydrogens is 366 g/mol. The number of hydrogen-bond acceptors (Lipinski definition) is 4. The summed E-state index contributed by atoms with van der Waals surface area (Å²) in [6, 6.07) is 12.6. The average Bonchev–Trinajstić information content (AvgIpc) is 3.12. The molecule has 3 rings (SSSR count). The van der Waals surface area contributed by atoms with Crippen molar-refractivity contribution in [2.24, 2.45) is 0 Å². The second kappa shape index (κ2) is 8.14. The van der Waals surface area contributed by atoms with E-state index in [1.165, 1.54) is 0 Å². The van der Waals surface area contributed by atoms with E-state index in [1.54, 1.807) is 49.4 Å². The van der Waals surface area contributed by atoms with Gasteiger partial charge in [-0.2, -0.15) is 5.10 Å². The third-order valence-corrected chi connectivity index (χ3v) is 4.39. The van der Waals surface area contributed by atoms with E-state index in [4.69, 9.17) is 21.1 Å². The van der Waals surface area contributed by atoms with Crippen molar-refractivity contribution in [2.45, 2.75) is 13.3 Å². The number of hydrogen-bond donors (Lipinski definition) is 1. The van der Waals surface area contributed by atoms with Crippen molar-refractivity contribution in [3.8, 4) is 17.2 Å². The van der Waals surface area contributed by atoms with Crippen LogP contribution in [0.1, 0.15) is 23.0 Å². The Morgan fingerprint density at radius 1 is 1.19 bits per heavy atom. The van der Waals surface area contributed by atoms with Crippen LogP contribution in [0.25, 0.3) is 5.69 Å². The van der Waals surface area contributed by atoms with E-state index >= 15 is 0 Å². The van der Waals surface area contributed by atoms with Crippen molar-refractivity contribution >= 4 is 23.2 Å². The molecule has 0 radical (unpaired) electrons. The van der Waals surface area contributed by atoms with Crippen LogP contribution in [0.15, 0.2) is 48.7 Å². The SMILES string of the molecule is CCc1c(C(=O)Nc2ccc(OC)cc2OC)cnn1-c1cccc(Cl)c1. The molecule has 0 aliphatic carbocycles. The molecule has 0 saturated heterocycles. The van der Waals surface area contributed by atoms with E-state index in [0.29, 0.717) is 34.2 Å². The zero-order valence-corrected chi connectivity index (χ0v) is 16.1. The van der Waals surface area contributed by atoms with Crippen LogP contribution in [0.4, 0.5) is 5.69 Å². The molecule has 0 aliphatic heterocycles. The smallest absolute Gasteiger partial charge is 0.259 e. The fourth-order valence-corrected chi connectivity index (χ4v) is 3.01. The lowest BCUT2D eigenvalue weighted by Gasteiger charge is -2.12. The van der Waals surface area contributed by atoms with Gasteiger partial charge in [-0.3, -0.25) is 4.79 Å². The number of aromatic nitrogens is 2. The third-order valence-electron chi connectivity index (χ3n) is 4.16. The van der Waals surface area contributed by atoms with Crippen LogP contribution in [0.3, 0.4) is 0 Å². The topological polar surface area (TPSA) is 65.4 Å². The maximum atomic E-state index is 12.9. The van der Waals surface area contributed by atoms with Crippen LogP contribution in [0.5, 0.6) is 11.5 Å². The standard InChI is InChI=1S/C20H20ClN3O3/c1-4-18-16(12-22-24(18)14-7-5-6-13(21)10-14)20(25)23-17-9-8-15(26-2)11-19(17)27-3/h5-12H,4H2,1-3H3,(H,23,25). The molecule has 1 amide bonds. The minimum atomic E-state index is -0.261. The first-order chi connectivity index (χ1) is 13.1. The maximum Gasteiger partial charge on any atom is 0.259 e. The third kappa shape index (κ3) is 3.90.